The number of aromatic nitrogens is 3. The largest absolute Gasteiger partial charge is 0.314 e. The molecule has 108 valence electrons. The molecule has 1 N–H and O–H groups in total. The molecule has 0 unspecified atom stereocenters. The Kier molecular flexibility index (Phi) is 5.20. The van der Waals surface area contributed by atoms with Gasteiger partial charge in [-0.1, -0.05) is 17.3 Å². The van der Waals surface area contributed by atoms with Crippen LogP contribution in [0.5, 0.6) is 0 Å². The molecule has 2 rings (SSSR count). The van der Waals surface area contributed by atoms with Gasteiger partial charge in [-0.15, -0.1) is 5.10 Å². The molecule has 0 saturated heterocycles. The van der Waals surface area contributed by atoms with E-state index in [-0.39, 0.29) is 5.82 Å². The summed E-state index contributed by atoms with van der Waals surface area (Å²) in [6, 6.07) is 6.69. The number of nitrogens with one attached hydrogen (secondary N) is 1. The second kappa shape index (κ2) is 7.12. The van der Waals surface area contributed by atoms with Gasteiger partial charge in [-0.2, -0.15) is 0 Å². The minimum absolute atomic E-state index is 0.191. The first-order valence-corrected chi connectivity index (χ1v) is 6.64. The van der Waals surface area contributed by atoms with Crippen LogP contribution < -0.4 is 5.32 Å². The number of rotatable bonds is 7. The van der Waals surface area contributed by atoms with E-state index in [9.17, 15) is 4.39 Å². The van der Waals surface area contributed by atoms with Crippen molar-refractivity contribution in [3.63, 3.8) is 0 Å². The molecule has 6 heteroatoms. The lowest BCUT2D eigenvalue weighted by Gasteiger charge is -2.16. The molecule has 0 fully saturated rings. The maximum Gasteiger partial charge on any atom is 0.123 e. The Hall–Kier alpha value is -1.79. The van der Waals surface area contributed by atoms with Gasteiger partial charge in [0, 0.05) is 25.8 Å². The lowest BCUT2D eigenvalue weighted by atomic mass is 10.2. The summed E-state index contributed by atoms with van der Waals surface area (Å²) in [5, 5.41) is 11.2. The van der Waals surface area contributed by atoms with Crippen LogP contribution >= 0.6 is 0 Å². The van der Waals surface area contributed by atoms with Crippen LogP contribution in [-0.2, 0) is 19.6 Å². The summed E-state index contributed by atoms with van der Waals surface area (Å²) in [7, 11) is 3.89. The fraction of sp³-hybridized carbons (Fsp3) is 0.429. The van der Waals surface area contributed by atoms with Crippen molar-refractivity contribution in [2.45, 2.75) is 19.6 Å². The summed E-state index contributed by atoms with van der Waals surface area (Å²) in [5.74, 6) is -0.191. The van der Waals surface area contributed by atoms with Crippen molar-refractivity contribution in [3.05, 3.63) is 47.5 Å². The van der Waals surface area contributed by atoms with E-state index in [1.54, 1.807) is 12.1 Å². The molecule has 0 saturated carbocycles. The molecule has 1 aromatic heterocycles. The van der Waals surface area contributed by atoms with Gasteiger partial charge in [0.2, 0.25) is 0 Å². The van der Waals surface area contributed by atoms with Crippen LogP contribution in [0.15, 0.2) is 30.5 Å². The Morgan fingerprint density at radius 1 is 1.40 bits per heavy atom. The quantitative estimate of drug-likeness (QED) is 0.828. The van der Waals surface area contributed by atoms with Crippen LogP contribution in [0.3, 0.4) is 0 Å². The van der Waals surface area contributed by atoms with E-state index in [1.807, 2.05) is 31.0 Å². The van der Waals surface area contributed by atoms with Crippen LogP contribution in [0, 0.1) is 5.82 Å². The van der Waals surface area contributed by atoms with Gasteiger partial charge in [0.25, 0.3) is 0 Å². The summed E-state index contributed by atoms with van der Waals surface area (Å²) in [6.45, 7) is 3.04. The second-order valence-corrected chi connectivity index (χ2v) is 4.87. The molecular formula is C14H20FN5. The van der Waals surface area contributed by atoms with Gasteiger partial charge in [0.15, 0.2) is 0 Å². The first-order valence-electron chi connectivity index (χ1n) is 6.64. The third kappa shape index (κ3) is 4.40. The first kappa shape index (κ1) is 14.6. The zero-order chi connectivity index (χ0) is 14.4. The number of nitrogens with zero attached hydrogens (tertiary/aromatic N) is 4. The molecule has 0 spiro atoms. The van der Waals surface area contributed by atoms with Crippen LogP contribution in [0.4, 0.5) is 4.39 Å². The number of benzene rings is 1. The van der Waals surface area contributed by atoms with Crippen LogP contribution in [-0.4, -0.2) is 40.5 Å². The van der Waals surface area contributed by atoms with Crippen molar-refractivity contribution in [1.82, 2.24) is 25.2 Å². The third-order valence-corrected chi connectivity index (χ3v) is 3.00. The molecule has 20 heavy (non-hydrogen) atoms. The van der Waals surface area contributed by atoms with Gasteiger partial charge < -0.3 is 10.2 Å². The molecule has 0 aliphatic rings. The number of likely N-dealkylation sites (N-methyl/N-ethyl adjacent to an activating group) is 1. The number of halogens is 1. The maximum atomic E-state index is 13.1. The fourth-order valence-corrected chi connectivity index (χ4v) is 2.01. The summed E-state index contributed by atoms with van der Waals surface area (Å²) in [4.78, 5) is 2.13. The lowest BCUT2D eigenvalue weighted by Crippen LogP contribution is -2.23. The monoisotopic (exact) mass is 277 g/mol. The van der Waals surface area contributed by atoms with E-state index in [0.29, 0.717) is 0 Å². The van der Waals surface area contributed by atoms with Gasteiger partial charge in [-0.3, -0.25) is 4.68 Å². The highest BCUT2D eigenvalue weighted by atomic mass is 19.1. The first-order chi connectivity index (χ1) is 9.67. The Morgan fingerprint density at radius 3 is 3.00 bits per heavy atom. The van der Waals surface area contributed by atoms with Crippen LogP contribution in [0.2, 0.25) is 0 Å². The van der Waals surface area contributed by atoms with Crippen molar-refractivity contribution < 1.29 is 4.39 Å². The third-order valence-electron chi connectivity index (χ3n) is 3.00. The van der Waals surface area contributed by atoms with Gasteiger partial charge in [0.1, 0.15) is 5.82 Å². The zero-order valence-corrected chi connectivity index (χ0v) is 11.9. The molecule has 0 aliphatic heterocycles. The molecule has 1 heterocycles. The molecule has 2 aromatic rings. The summed E-state index contributed by atoms with van der Waals surface area (Å²) in [5.41, 5.74) is 1.90. The predicted octanol–water partition coefficient (Wildman–Crippen LogP) is 1.27. The average molecular weight is 277 g/mol. The summed E-state index contributed by atoms with van der Waals surface area (Å²) >= 11 is 0. The van der Waals surface area contributed by atoms with E-state index >= 15 is 0 Å². The normalized spacial score (nSPS) is 11.2. The van der Waals surface area contributed by atoms with Crippen molar-refractivity contribution in [2.24, 2.45) is 0 Å². The minimum Gasteiger partial charge on any atom is -0.314 e. The van der Waals surface area contributed by atoms with Crippen LogP contribution in [0.1, 0.15) is 11.3 Å². The Morgan fingerprint density at radius 2 is 2.25 bits per heavy atom. The molecule has 5 nitrogen and oxygen atoms in total. The smallest absolute Gasteiger partial charge is 0.123 e. The summed E-state index contributed by atoms with van der Waals surface area (Å²) < 4.78 is 14.9. The zero-order valence-electron chi connectivity index (χ0n) is 11.9. The van der Waals surface area contributed by atoms with E-state index in [4.69, 9.17) is 0 Å². The second-order valence-electron chi connectivity index (χ2n) is 4.87. The highest BCUT2D eigenvalue weighted by Gasteiger charge is 2.04. The molecule has 0 atom stereocenters. The highest BCUT2D eigenvalue weighted by Crippen LogP contribution is 2.06. The average Bonchev–Trinajstić information content (AvgIpc) is 2.85. The van der Waals surface area contributed by atoms with Crippen molar-refractivity contribution in [1.29, 1.82) is 0 Å². The molecular weight excluding hydrogens is 257 g/mol. The lowest BCUT2D eigenvalue weighted by molar-refractivity contribution is 0.303. The highest BCUT2D eigenvalue weighted by molar-refractivity contribution is 5.15. The van der Waals surface area contributed by atoms with E-state index in [0.717, 1.165) is 37.4 Å². The molecule has 1 aromatic carbocycles. The molecule has 0 aliphatic carbocycles. The van der Waals surface area contributed by atoms with E-state index < -0.39 is 0 Å². The Labute approximate surface area is 118 Å². The van der Waals surface area contributed by atoms with Crippen molar-refractivity contribution in [2.75, 3.05) is 20.6 Å². The SMILES string of the molecule is CNCc1cn(CCN(C)Cc2cccc(F)c2)nn1. The summed E-state index contributed by atoms with van der Waals surface area (Å²) in [6.07, 6.45) is 1.94. The van der Waals surface area contributed by atoms with Gasteiger partial charge in [-0.25, -0.2) is 4.39 Å². The Balaban J connectivity index is 1.80. The van der Waals surface area contributed by atoms with Gasteiger partial charge in [-0.05, 0) is 31.8 Å². The number of hydrogen-bond acceptors (Lipinski definition) is 4. The minimum atomic E-state index is -0.191. The van der Waals surface area contributed by atoms with E-state index in [1.165, 1.54) is 6.07 Å². The Bertz CT molecular complexity index is 540. The fourth-order valence-electron chi connectivity index (χ4n) is 2.01. The predicted molar refractivity (Wildman–Crippen MR) is 75.5 cm³/mol. The standard InChI is InChI=1S/C14H20FN5/c1-16-9-14-11-20(18-17-14)7-6-19(2)10-12-4-3-5-13(15)8-12/h3-5,8,11,16H,6-7,9-10H2,1-2H3. The van der Waals surface area contributed by atoms with Crippen molar-refractivity contribution in [3.8, 4) is 0 Å². The number of hydrogen-bond donors (Lipinski definition) is 1. The molecule has 0 radical (unpaired) electrons. The topological polar surface area (TPSA) is 46.0 Å². The molecule has 0 bridgehead atoms. The van der Waals surface area contributed by atoms with Crippen LogP contribution in [0.25, 0.3) is 0 Å². The molecule has 0 amide bonds. The van der Waals surface area contributed by atoms with Gasteiger partial charge in [0.05, 0.1) is 12.2 Å². The van der Waals surface area contributed by atoms with Crippen molar-refractivity contribution >= 4 is 0 Å². The van der Waals surface area contributed by atoms with Gasteiger partial charge >= 0.3 is 0 Å². The maximum absolute atomic E-state index is 13.1. The van der Waals surface area contributed by atoms with E-state index in [2.05, 4.69) is 20.5 Å².